The number of benzene rings is 1. The Kier molecular flexibility index (Phi) is 4.94. The highest BCUT2D eigenvalue weighted by Crippen LogP contribution is 2.15. The van der Waals surface area contributed by atoms with Crippen molar-refractivity contribution in [3.8, 4) is 0 Å². The monoisotopic (exact) mass is 303 g/mol. The predicted octanol–water partition coefficient (Wildman–Crippen LogP) is 2.24. The molecule has 0 bridgehead atoms. The van der Waals surface area contributed by atoms with Crippen LogP contribution in [0.15, 0.2) is 35.7 Å². The fourth-order valence-corrected chi connectivity index (χ4v) is 2.45. The van der Waals surface area contributed by atoms with Crippen LogP contribution in [0.3, 0.4) is 0 Å². The number of hydrazine groups is 1. The molecule has 1 aromatic carbocycles. The van der Waals surface area contributed by atoms with E-state index in [1.165, 1.54) is 16.9 Å². The van der Waals surface area contributed by atoms with Gasteiger partial charge in [-0.05, 0) is 36.9 Å². The zero-order chi connectivity index (χ0) is 15.2. The van der Waals surface area contributed by atoms with Gasteiger partial charge in [-0.3, -0.25) is 20.4 Å². The summed E-state index contributed by atoms with van der Waals surface area (Å²) < 4.78 is 0. The van der Waals surface area contributed by atoms with Crippen LogP contribution in [-0.2, 0) is 4.79 Å². The van der Waals surface area contributed by atoms with Crippen molar-refractivity contribution in [3.05, 3.63) is 51.7 Å². The summed E-state index contributed by atoms with van der Waals surface area (Å²) in [4.78, 5) is 23.9. The van der Waals surface area contributed by atoms with Gasteiger partial charge in [-0.15, -0.1) is 11.3 Å². The molecule has 3 N–H and O–H groups in total. The van der Waals surface area contributed by atoms with Crippen LogP contribution in [-0.4, -0.2) is 18.4 Å². The Morgan fingerprint density at radius 1 is 1.14 bits per heavy atom. The Morgan fingerprint density at radius 2 is 1.95 bits per heavy atom. The Bertz CT molecular complexity index is 638. The lowest BCUT2D eigenvalue weighted by molar-refractivity contribution is -0.120. The average molecular weight is 303 g/mol. The first-order chi connectivity index (χ1) is 10.1. The highest BCUT2D eigenvalue weighted by atomic mass is 32.1. The number of nitrogens with one attached hydrogen (secondary N) is 3. The quantitative estimate of drug-likeness (QED) is 0.759. The Balaban J connectivity index is 1.78. The van der Waals surface area contributed by atoms with E-state index in [0.29, 0.717) is 4.88 Å². The van der Waals surface area contributed by atoms with Gasteiger partial charge in [-0.1, -0.05) is 23.8 Å². The first-order valence-corrected chi connectivity index (χ1v) is 7.38. The zero-order valence-corrected chi connectivity index (χ0v) is 12.7. The second-order valence-electron chi connectivity index (χ2n) is 4.65. The minimum absolute atomic E-state index is 0.0919. The molecule has 2 amide bonds. The van der Waals surface area contributed by atoms with E-state index in [4.69, 9.17) is 0 Å². The maximum atomic E-state index is 11.7. The molecule has 1 aromatic heterocycles. The fraction of sp³-hybridized carbons (Fsp3) is 0.200. The summed E-state index contributed by atoms with van der Waals surface area (Å²) in [6.45, 7) is 4.09. The second-order valence-corrected chi connectivity index (χ2v) is 5.60. The molecule has 0 spiro atoms. The van der Waals surface area contributed by atoms with Crippen LogP contribution in [0.25, 0.3) is 0 Å². The minimum atomic E-state index is -0.315. The van der Waals surface area contributed by atoms with E-state index in [0.717, 1.165) is 11.3 Å². The van der Waals surface area contributed by atoms with Gasteiger partial charge in [0.25, 0.3) is 11.8 Å². The maximum absolute atomic E-state index is 11.7. The van der Waals surface area contributed by atoms with Crippen molar-refractivity contribution in [2.75, 3.05) is 11.9 Å². The van der Waals surface area contributed by atoms with E-state index in [9.17, 15) is 9.59 Å². The first kappa shape index (κ1) is 15.1. The topological polar surface area (TPSA) is 70.2 Å². The van der Waals surface area contributed by atoms with Crippen molar-refractivity contribution in [3.63, 3.8) is 0 Å². The number of rotatable bonds is 4. The number of thiophene rings is 1. The molecule has 0 radical (unpaired) electrons. The van der Waals surface area contributed by atoms with E-state index in [2.05, 4.69) is 16.2 Å². The minimum Gasteiger partial charge on any atom is -0.376 e. The molecule has 21 heavy (non-hydrogen) atoms. The summed E-state index contributed by atoms with van der Waals surface area (Å²) in [6, 6.07) is 9.43. The van der Waals surface area contributed by atoms with Crippen LogP contribution >= 0.6 is 11.3 Å². The lowest BCUT2D eigenvalue weighted by Gasteiger charge is -2.11. The average Bonchev–Trinajstić information content (AvgIpc) is 2.98. The molecule has 0 unspecified atom stereocenters. The molecule has 0 aliphatic carbocycles. The Hall–Kier alpha value is -2.34. The molecule has 5 nitrogen and oxygen atoms in total. The smallest absolute Gasteiger partial charge is 0.279 e. The van der Waals surface area contributed by atoms with E-state index in [-0.39, 0.29) is 18.4 Å². The molecule has 2 aromatic rings. The molecule has 0 aliphatic rings. The molecule has 0 atom stereocenters. The number of hydrogen-bond acceptors (Lipinski definition) is 4. The third-order valence-corrected chi connectivity index (χ3v) is 3.75. The van der Waals surface area contributed by atoms with E-state index in [1.807, 2.05) is 32.0 Å². The molecule has 1 heterocycles. The first-order valence-electron chi connectivity index (χ1n) is 6.50. The van der Waals surface area contributed by atoms with Crippen LogP contribution < -0.4 is 16.2 Å². The van der Waals surface area contributed by atoms with E-state index in [1.54, 1.807) is 17.5 Å². The number of carbonyl (C=O) groups excluding carboxylic acids is 2. The van der Waals surface area contributed by atoms with Crippen LogP contribution in [0.2, 0.25) is 0 Å². The zero-order valence-electron chi connectivity index (χ0n) is 11.9. The third-order valence-electron chi connectivity index (χ3n) is 2.88. The standard InChI is InChI=1S/C15H17N3O2S/c1-10-5-6-12(11(2)8-10)16-9-14(19)17-18-15(20)13-4-3-7-21-13/h3-8,16H,9H2,1-2H3,(H,17,19)(H,18,20). The van der Waals surface area contributed by atoms with E-state index < -0.39 is 0 Å². The van der Waals surface area contributed by atoms with Crippen molar-refractivity contribution in [2.24, 2.45) is 0 Å². The molecule has 6 heteroatoms. The van der Waals surface area contributed by atoms with E-state index >= 15 is 0 Å². The molecule has 0 saturated heterocycles. The van der Waals surface area contributed by atoms with Gasteiger partial charge in [-0.25, -0.2) is 0 Å². The summed E-state index contributed by atoms with van der Waals surface area (Å²) in [5, 5.41) is 4.84. The van der Waals surface area contributed by atoms with Gasteiger partial charge in [-0.2, -0.15) is 0 Å². The molecule has 0 saturated carbocycles. The third kappa shape index (κ3) is 4.32. The summed E-state index contributed by atoms with van der Waals surface area (Å²) in [5.74, 6) is -0.621. The van der Waals surface area contributed by atoms with Gasteiger partial charge < -0.3 is 5.32 Å². The number of aryl methyl sites for hydroxylation is 2. The highest BCUT2D eigenvalue weighted by Gasteiger charge is 2.08. The van der Waals surface area contributed by atoms with Gasteiger partial charge in [0.15, 0.2) is 0 Å². The van der Waals surface area contributed by atoms with Gasteiger partial charge in [0.2, 0.25) is 0 Å². The fourth-order valence-electron chi connectivity index (χ4n) is 1.83. The largest absolute Gasteiger partial charge is 0.376 e. The van der Waals surface area contributed by atoms with Crippen molar-refractivity contribution in [2.45, 2.75) is 13.8 Å². The summed E-state index contributed by atoms with van der Waals surface area (Å²) >= 11 is 1.32. The van der Waals surface area contributed by atoms with Crippen molar-refractivity contribution >= 4 is 28.8 Å². The van der Waals surface area contributed by atoms with Crippen LogP contribution in [0, 0.1) is 13.8 Å². The maximum Gasteiger partial charge on any atom is 0.279 e. The van der Waals surface area contributed by atoms with Crippen LogP contribution in [0.5, 0.6) is 0 Å². The molecule has 0 aliphatic heterocycles. The molecule has 2 rings (SSSR count). The number of anilines is 1. The van der Waals surface area contributed by atoms with Crippen molar-refractivity contribution in [1.29, 1.82) is 0 Å². The lowest BCUT2D eigenvalue weighted by atomic mass is 10.1. The predicted molar refractivity (Wildman–Crippen MR) is 84.3 cm³/mol. The summed E-state index contributed by atoms with van der Waals surface area (Å²) in [7, 11) is 0. The van der Waals surface area contributed by atoms with Gasteiger partial charge in [0.05, 0.1) is 11.4 Å². The lowest BCUT2D eigenvalue weighted by Crippen LogP contribution is -2.43. The van der Waals surface area contributed by atoms with Crippen molar-refractivity contribution in [1.82, 2.24) is 10.9 Å². The van der Waals surface area contributed by atoms with Gasteiger partial charge in [0.1, 0.15) is 0 Å². The highest BCUT2D eigenvalue weighted by molar-refractivity contribution is 7.12. The second kappa shape index (κ2) is 6.90. The van der Waals surface area contributed by atoms with Gasteiger partial charge in [0, 0.05) is 5.69 Å². The Labute approximate surface area is 127 Å². The number of amides is 2. The number of carbonyl (C=O) groups is 2. The van der Waals surface area contributed by atoms with Crippen LogP contribution in [0.1, 0.15) is 20.8 Å². The molecular formula is C15H17N3O2S. The summed E-state index contributed by atoms with van der Waals surface area (Å²) in [5.41, 5.74) is 7.90. The SMILES string of the molecule is Cc1ccc(NCC(=O)NNC(=O)c2cccs2)c(C)c1. The summed E-state index contributed by atoms with van der Waals surface area (Å²) in [6.07, 6.45) is 0. The normalized spacial score (nSPS) is 10.0. The van der Waals surface area contributed by atoms with Gasteiger partial charge >= 0.3 is 0 Å². The van der Waals surface area contributed by atoms with Crippen LogP contribution in [0.4, 0.5) is 5.69 Å². The van der Waals surface area contributed by atoms with Crippen molar-refractivity contribution < 1.29 is 9.59 Å². The molecule has 110 valence electrons. The Morgan fingerprint density at radius 3 is 2.62 bits per heavy atom. The molecular weight excluding hydrogens is 286 g/mol. The molecule has 0 fully saturated rings. The number of hydrogen-bond donors (Lipinski definition) is 3.